The first-order valence-corrected chi connectivity index (χ1v) is 3.73. The van der Waals surface area contributed by atoms with Gasteiger partial charge >= 0.3 is 0 Å². The van der Waals surface area contributed by atoms with Crippen LogP contribution in [0.15, 0.2) is 0 Å². The van der Waals surface area contributed by atoms with Gasteiger partial charge in [0.2, 0.25) is 0 Å². The Hall–Kier alpha value is -0.200. The van der Waals surface area contributed by atoms with E-state index in [0.29, 0.717) is 0 Å². The fourth-order valence-electron chi connectivity index (χ4n) is 0.677. The minimum Gasteiger partial charge on any atom is -0.394 e. The Labute approximate surface area is 71.5 Å². The predicted octanol–water partition coefficient (Wildman–Crippen LogP) is -1.29. The molecule has 5 nitrogen and oxygen atoms in total. The van der Waals surface area contributed by atoms with Gasteiger partial charge in [0.15, 0.2) is 6.29 Å². The van der Waals surface area contributed by atoms with E-state index in [1.807, 2.05) is 0 Å². The molecule has 5 heteroatoms. The number of rotatable bonds is 6. The van der Waals surface area contributed by atoms with Crippen LogP contribution in [0.1, 0.15) is 6.92 Å². The Bertz CT molecular complexity index is 102. The molecule has 0 fully saturated rings. The highest BCUT2D eigenvalue weighted by atomic mass is 16.7. The van der Waals surface area contributed by atoms with Crippen molar-refractivity contribution in [3.8, 4) is 0 Å². The Morgan fingerprint density at radius 2 is 1.83 bits per heavy atom. The van der Waals surface area contributed by atoms with E-state index in [-0.39, 0.29) is 13.2 Å². The van der Waals surface area contributed by atoms with E-state index in [2.05, 4.69) is 4.74 Å². The van der Waals surface area contributed by atoms with Crippen LogP contribution >= 0.6 is 0 Å². The average Bonchev–Trinajstić information content (AvgIpc) is 2.06. The maximum Gasteiger partial charge on any atom is 0.180 e. The molecule has 74 valence electrons. The zero-order chi connectivity index (χ0) is 9.56. The van der Waals surface area contributed by atoms with E-state index in [4.69, 9.17) is 20.1 Å². The largest absolute Gasteiger partial charge is 0.394 e. The highest BCUT2D eigenvalue weighted by Crippen LogP contribution is 2.03. The molecule has 0 amide bonds. The monoisotopic (exact) mass is 180 g/mol. The molecular formula is C7H16O5. The quantitative estimate of drug-likeness (QED) is 0.443. The molecule has 0 aromatic rings. The van der Waals surface area contributed by atoms with Crippen molar-refractivity contribution in [3.63, 3.8) is 0 Å². The lowest BCUT2D eigenvalue weighted by molar-refractivity contribution is -0.200. The lowest BCUT2D eigenvalue weighted by atomic mass is 10.2. The van der Waals surface area contributed by atoms with Gasteiger partial charge in [-0.3, -0.25) is 0 Å². The van der Waals surface area contributed by atoms with E-state index in [1.54, 1.807) is 0 Å². The van der Waals surface area contributed by atoms with Crippen LogP contribution in [0.2, 0.25) is 0 Å². The summed E-state index contributed by atoms with van der Waals surface area (Å²) in [5, 5.41) is 26.4. The van der Waals surface area contributed by atoms with Gasteiger partial charge in [0, 0.05) is 7.11 Å². The lowest BCUT2D eigenvalue weighted by Crippen LogP contribution is -2.36. The van der Waals surface area contributed by atoms with Crippen molar-refractivity contribution in [1.82, 2.24) is 0 Å². The Balaban J connectivity index is 3.82. The Morgan fingerprint density at radius 3 is 2.08 bits per heavy atom. The first-order chi connectivity index (χ1) is 5.65. The van der Waals surface area contributed by atoms with Gasteiger partial charge in [-0.1, -0.05) is 0 Å². The van der Waals surface area contributed by atoms with Crippen molar-refractivity contribution < 1.29 is 24.8 Å². The van der Waals surface area contributed by atoms with Crippen LogP contribution in [-0.4, -0.2) is 54.1 Å². The molecule has 12 heavy (non-hydrogen) atoms. The van der Waals surface area contributed by atoms with Gasteiger partial charge in [-0.15, -0.1) is 0 Å². The Morgan fingerprint density at radius 1 is 1.25 bits per heavy atom. The molecule has 3 N–H and O–H groups in total. The summed E-state index contributed by atoms with van der Waals surface area (Å²) in [4.78, 5) is 0. The SMILES string of the molecule is COC(CO)O[C@H](CO)[C@H](C)O. The number of aliphatic hydroxyl groups is 3. The summed E-state index contributed by atoms with van der Waals surface area (Å²) in [6.45, 7) is 0.877. The minimum atomic E-state index is -0.795. The summed E-state index contributed by atoms with van der Waals surface area (Å²) in [5.74, 6) is 0. The van der Waals surface area contributed by atoms with Crippen LogP contribution in [0.25, 0.3) is 0 Å². The first-order valence-electron chi connectivity index (χ1n) is 3.73. The molecule has 0 saturated heterocycles. The summed E-state index contributed by atoms with van der Waals surface area (Å²) in [7, 11) is 1.37. The zero-order valence-electron chi connectivity index (χ0n) is 7.30. The summed E-state index contributed by atoms with van der Waals surface area (Å²) >= 11 is 0. The van der Waals surface area contributed by atoms with Gasteiger partial charge in [-0.05, 0) is 6.92 Å². The van der Waals surface area contributed by atoms with Crippen LogP contribution in [0.5, 0.6) is 0 Å². The van der Waals surface area contributed by atoms with Crippen LogP contribution in [0, 0.1) is 0 Å². The number of methoxy groups -OCH3 is 1. The van der Waals surface area contributed by atoms with Crippen LogP contribution < -0.4 is 0 Å². The lowest BCUT2D eigenvalue weighted by Gasteiger charge is -2.22. The molecule has 0 heterocycles. The maximum atomic E-state index is 9.03. The molecule has 0 bridgehead atoms. The zero-order valence-corrected chi connectivity index (χ0v) is 7.30. The van der Waals surface area contributed by atoms with E-state index in [1.165, 1.54) is 14.0 Å². The fourth-order valence-corrected chi connectivity index (χ4v) is 0.677. The van der Waals surface area contributed by atoms with Gasteiger partial charge in [-0.25, -0.2) is 0 Å². The molecule has 0 saturated carbocycles. The van der Waals surface area contributed by atoms with E-state index in [9.17, 15) is 0 Å². The third-order valence-corrected chi connectivity index (χ3v) is 1.46. The molecule has 0 rings (SSSR count). The second-order valence-corrected chi connectivity index (χ2v) is 2.45. The second-order valence-electron chi connectivity index (χ2n) is 2.45. The highest BCUT2D eigenvalue weighted by Gasteiger charge is 2.19. The number of hydrogen-bond acceptors (Lipinski definition) is 5. The maximum absolute atomic E-state index is 9.03. The standard InChI is InChI=1S/C7H16O5/c1-5(10)6(3-8)12-7(4-9)11-2/h5-10H,3-4H2,1-2H3/t5-,6+,7?/m0/s1. The second kappa shape index (κ2) is 6.33. The van der Waals surface area contributed by atoms with Crippen LogP contribution in [0.3, 0.4) is 0 Å². The molecule has 3 atom stereocenters. The fraction of sp³-hybridized carbons (Fsp3) is 1.00. The van der Waals surface area contributed by atoms with Crippen molar-refractivity contribution in [3.05, 3.63) is 0 Å². The summed E-state index contributed by atoms with van der Waals surface area (Å²) < 4.78 is 9.67. The molecule has 1 unspecified atom stereocenters. The van der Waals surface area contributed by atoms with E-state index < -0.39 is 18.5 Å². The van der Waals surface area contributed by atoms with Gasteiger partial charge in [0.05, 0.1) is 19.3 Å². The smallest absolute Gasteiger partial charge is 0.180 e. The summed E-state index contributed by atoms with van der Waals surface area (Å²) in [5.41, 5.74) is 0. The third kappa shape index (κ3) is 3.99. The molecule has 0 radical (unpaired) electrons. The van der Waals surface area contributed by atoms with Crippen LogP contribution in [-0.2, 0) is 9.47 Å². The highest BCUT2D eigenvalue weighted by molar-refractivity contribution is 4.63. The number of aliphatic hydroxyl groups excluding tert-OH is 3. The van der Waals surface area contributed by atoms with Crippen molar-refractivity contribution >= 4 is 0 Å². The molecular weight excluding hydrogens is 164 g/mol. The number of ether oxygens (including phenoxy) is 2. The minimum absolute atomic E-state index is 0.306. The molecule has 0 aromatic heterocycles. The average molecular weight is 180 g/mol. The van der Waals surface area contributed by atoms with Gasteiger partial charge < -0.3 is 24.8 Å². The van der Waals surface area contributed by atoms with Crippen molar-refractivity contribution in [2.45, 2.75) is 25.4 Å². The molecule has 0 aliphatic carbocycles. The molecule has 0 aliphatic heterocycles. The topological polar surface area (TPSA) is 79.2 Å². The summed E-state index contributed by atoms with van der Waals surface area (Å²) in [6.07, 6.45) is -2.31. The van der Waals surface area contributed by atoms with E-state index in [0.717, 1.165) is 0 Å². The normalized spacial score (nSPS) is 18.8. The van der Waals surface area contributed by atoms with Gasteiger partial charge in [-0.2, -0.15) is 0 Å². The van der Waals surface area contributed by atoms with Crippen molar-refractivity contribution in [2.75, 3.05) is 20.3 Å². The summed E-state index contributed by atoms with van der Waals surface area (Å²) in [6, 6.07) is 0. The molecule has 0 aromatic carbocycles. The first kappa shape index (κ1) is 11.8. The van der Waals surface area contributed by atoms with Gasteiger partial charge in [0.25, 0.3) is 0 Å². The molecule has 0 spiro atoms. The van der Waals surface area contributed by atoms with Crippen molar-refractivity contribution in [1.29, 1.82) is 0 Å². The molecule has 0 aliphatic rings. The third-order valence-electron chi connectivity index (χ3n) is 1.46. The van der Waals surface area contributed by atoms with E-state index >= 15 is 0 Å². The van der Waals surface area contributed by atoms with Crippen LogP contribution in [0.4, 0.5) is 0 Å². The predicted molar refractivity (Wildman–Crippen MR) is 41.5 cm³/mol. The van der Waals surface area contributed by atoms with Gasteiger partial charge in [0.1, 0.15) is 6.10 Å². The van der Waals surface area contributed by atoms with Crippen molar-refractivity contribution in [2.24, 2.45) is 0 Å². The Kier molecular flexibility index (Phi) is 6.23. The number of hydrogen-bond donors (Lipinski definition) is 3.